The van der Waals surface area contributed by atoms with Gasteiger partial charge in [0.1, 0.15) is 17.3 Å². The minimum Gasteiger partial charge on any atom is -0.458 e. The molecule has 1 saturated heterocycles. The van der Waals surface area contributed by atoms with Crippen LogP contribution in [0.15, 0.2) is 11.6 Å². The third kappa shape index (κ3) is 3.95. The van der Waals surface area contributed by atoms with Gasteiger partial charge < -0.3 is 29.9 Å². The summed E-state index contributed by atoms with van der Waals surface area (Å²) in [7, 11) is 0. The number of hydrogen-bond donors (Lipinski definition) is 4. The minimum atomic E-state index is -2.30. The maximum absolute atomic E-state index is 13.2. The molecule has 3 saturated carbocycles. The number of ether oxygens (including phenoxy) is 2. The zero-order valence-corrected chi connectivity index (χ0v) is 24.9. The first-order valence-electron chi connectivity index (χ1n) is 15.7. The number of ketones is 1. The fraction of sp³-hybridized carbons (Fsp3) is 0.875. The smallest absolute Gasteiger partial charge is 0.306 e. The van der Waals surface area contributed by atoms with E-state index in [1.807, 2.05) is 20.8 Å². The quantitative estimate of drug-likeness (QED) is 0.161. The number of fused-ring (bicyclic) bond motifs is 7. The van der Waals surface area contributed by atoms with E-state index < -0.39 is 70.2 Å². The van der Waals surface area contributed by atoms with Crippen LogP contribution in [0.4, 0.5) is 0 Å². The molecule has 4 N–H and O–H groups in total. The number of esters is 1. The molecule has 2 unspecified atom stereocenters. The van der Waals surface area contributed by atoms with Crippen molar-refractivity contribution in [3.63, 3.8) is 0 Å². The summed E-state index contributed by atoms with van der Waals surface area (Å²) in [5, 5.41) is 46.1. The lowest BCUT2D eigenvalue weighted by Crippen LogP contribution is -2.65. The fourth-order valence-corrected chi connectivity index (χ4v) is 9.28. The summed E-state index contributed by atoms with van der Waals surface area (Å²) in [6, 6.07) is 0. The molecule has 0 aromatic carbocycles. The second-order valence-corrected chi connectivity index (χ2v) is 14.2. The SMILES string of the molecule is CCCCCCCCCCCC(=O)O[C@@]12C[C@@H](C)[C@]3(O)[C@@H]4C=C(C)C(=O)[C@@]4(O)[C@H](O)C4(CO)OC4[C@H]3[C@@H]1C2(C)C. The molecular weight excluding hydrogens is 512 g/mol. The maximum atomic E-state index is 13.2. The van der Waals surface area contributed by atoms with E-state index in [-0.39, 0.29) is 17.5 Å². The number of aliphatic hydroxyl groups is 4. The Morgan fingerprint density at radius 2 is 1.68 bits per heavy atom. The number of carbonyl (C=O) groups is 2. The van der Waals surface area contributed by atoms with Crippen molar-refractivity contribution in [2.45, 2.75) is 140 Å². The number of carbonyl (C=O) groups excluding carboxylic acids is 2. The van der Waals surface area contributed by atoms with Crippen molar-refractivity contribution in [3.05, 3.63) is 11.6 Å². The lowest BCUT2D eigenvalue weighted by Gasteiger charge is -2.51. The highest BCUT2D eigenvalue weighted by molar-refractivity contribution is 6.05. The van der Waals surface area contributed by atoms with Crippen molar-refractivity contribution in [2.24, 2.45) is 29.1 Å². The predicted octanol–water partition coefficient (Wildman–Crippen LogP) is 3.61. The molecule has 4 fully saturated rings. The van der Waals surface area contributed by atoms with Crippen LogP contribution in [0.1, 0.15) is 105 Å². The first-order valence-corrected chi connectivity index (χ1v) is 15.7. The standard InChI is InChI=1S/C32H50O8/c1-6-7-8-9-10-11-12-13-14-15-22(34)39-30-17-20(3)31(37)21-16-19(2)25(35)32(21,38)27(36)29(18-33)26(40-29)23(31)24(30)28(30,4)5/h16,20-21,23-24,26-27,33,36-38H,6-15,17-18H2,1-5H3/t20-,21+,23-,24-,26?,27-,29?,30+,31+,32-/m1/s1. The van der Waals surface area contributed by atoms with Crippen molar-refractivity contribution in [1.82, 2.24) is 0 Å². The topological polar surface area (TPSA) is 137 Å². The molecule has 10 atom stereocenters. The van der Waals surface area contributed by atoms with Gasteiger partial charge in [0.05, 0.1) is 18.3 Å². The van der Waals surface area contributed by atoms with Gasteiger partial charge in [-0.2, -0.15) is 0 Å². The van der Waals surface area contributed by atoms with Crippen LogP contribution in [0.3, 0.4) is 0 Å². The van der Waals surface area contributed by atoms with Crippen LogP contribution in [0.2, 0.25) is 0 Å². The fourth-order valence-electron chi connectivity index (χ4n) is 9.28. The van der Waals surface area contributed by atoms with E-state index in [4.69, 9.17) is 9.47 Å². The molecule has 226 valence electrons. The molecule has 8 heteroatoms. The van der Waals surface area contributed by atoms with Crippen molar-refractivity contribution in [3.8, 4) is 0 Å². The Kier molecular flexibility index (Phi) is 7.65. The second kappa shape index (κ2) is 10.1. The lowest BCUT2D eigenvalue weighted by molar-refractivity contribution is -0.215. The van der Waals surface area contributed by atoms with Gasteiger partial charge in [-0.05, 0) is 31.3 Å². The molecule has 1 aliphatic heterocycles. The van der Waals surface area contributed by atoms with Gasteiger partial charge in [0.15, 0.2) is 11.4 Å². The van der Waals surface area contributed by atoms with Crippen LogP contribution < -0.4 is 0 Å². The van der Waals surface area contributed by atoms with Crippen LogP contribution in [0, 0.1) is 29.1 Å². The van der Waals surface area contributed by atoms with Crippen LogP contribution in [-0.4, -0.2) is 73.4 Å². The first kappa shape index (κ1) is 30.1. The Bertz CT molecular complexity index is 1050. The molecule has 1 heterocycles. The monoisotopic (exact) mass is 562 g/mol. The van der Waals surface area contributed by atoms with Crippen LogP contribution >= 0.6 is 0 Å². The average Bonchev–Trinajstić information content (AvgIpc) is 3.73. The van der Waals surface area contributed by atoms with Gasteiger partial charge in [-0.25, -0.2) is 0 Å². The van der Waals surface area contributed by atoms with E-state index in [0.29, 0.717) is 12.8 Å². The Balaban J connectivity index is 1.32. The average molecular weight is 563 g/mol. The highest BCUT2D eigenvalue weighted by atomic mass is 16.6. The Hall–Kier alpha value is -1.32. The van der Waals surface area contributed by atoms with Crippen LogP contribution in [0.5, 0.6) is 0 Å². The minimum absolute atomic E-state index is 0.238. The molecule has 5 rings (SSSR count). The van der Waals surface area contributed by atoms with Gasteiger partial charge in [-0.1, -0.05) is 85.1 Å². The Morgan fingerprint density at radius 1 is 1.07 bits per heavy atom. The zero-order valence-electron chi connectivity index (χ0n) is 24.9. The summed E-state index contributed by atoms with van der Waals surface area (Å²) in [6.07, 6.45) is 10.3. The highest BCUT2D eigenvalue weighted by Crippen LogP contribution is 2.79. The van der Waals surface area contributed by atoms with Gasteiger partial charge in [0.2, 0.25) is 0 Å². The molecule has 0 amide bonds. The van der Waals surface area contributed by atoms with Crippen molar-refractivity contribution < 1.29 is 39.5 Å². The van der Waals surface area contributed by atoms with Crippen LogP contribution in [0.25, 0.3) is 0 Å². The van der Waals surface area contributed by atoms with E-state index >= 15 is 0 Å². The van der Waals surface area contributed by atoms with Gasteiger partial charge in [-0.3, -0.25) is 9.59 Å². The number of rotatable bonds is 12. The number of hydrogen-bond acceptors (Lipinski definition) is 8. The normalized spacial score (nSPS) is 45.9. The van der Waals surface area contributed by atoms with Gasteiger partial charge in [-0.15, -0.1) is 0 Å². The third-order valence-electron chi connectivity index (χ3n) is 11.7. The maximum Gasteiger partial charge on any atom is 0.306 e. The van der Waals surface area contributed by atoms with Gasteiger partial charge >= 0.3 is 5.97 Å². The van der Waals surface area contributed by atoms with E-state index in [0.717, 1.165) is 19.3 Å². The van der Waals surface area contributed by atoms with E-state index in [1.165, 1.54) is 38.5 Å². The van der Waals surface area contributed by atoms with Crippen molar-refractivity contribution in [2.75, 3.05) is 6.61 Å². The van der Waals surface area contributed by atoms with Gasteiger partial charge in [0.25, 0.3) is 0 Å². The Labute approximate surface area is 238 Å². The molecular formula is C32H50O8. The molecule has 4 aliphatic carbocycles. The predicted molar refractivity (Wildman–Crippen MR) is 148 cm³/mol. The van der Waals surface area contributed by atoms with Crippen molar-refractivity contribution in [1.29, 1.82) is 0 Å². The highest BCUT2D eigenvalue weighted by Gasteiger charge is 2.90. The van der Waals surface area contributed by atoms with Crippen LogP contribution in [-0.2, 0) is 19.1 Å². The third-order valence-corrected chi connectivity index (χ3v) is 11.7. The molecule has 0 spiro atoms. The van der Waals surface area contributed by atoms with E-state index in [1.54, 1.807) is 13.0 Å². The number of Topliss-reactive ketones (excluding diaryl/α,β-unsaturated/α-hetero) is 1. The van der Waals surface area contributed by atoms with E-state index in [9.17, 15) is 30.0 Å². The summed E-state index contributed by atoms with van der Waals surface area (Å²) in [5.41, 5.74) is -6.50. The summed E-state index contributed by atoms with van der Waals surface area (Å²) in [4.78, 5) is 26.4. The van der Waals surface area contributed by atoms with Gasteiger partial charge in [0, 0.05) is 29.6 Å². The molecule has 8 nitrogen and oxygen atoms in total. The summed E-state index contributed by atoms with van der Waals surface area (Å²) in [6.45, 7) is 9.11. The molecule has 40 heavy (non-hydrogen) atoms. The molecule has 0 bridgehead atoms. The summed E-state index contributed by atoms with van der Waals surface area (Å²) < 4.78 is 12.3. The lowest BCUT2D eigenvalue weighted by atomic mass is 9.59. The van der Waals surface area contributed by atoms with E-state index in [2.05, 4.69) is 6.92 Å². The number of unbranched alkanes of at least 4 members (excludes halogenated alkanes) is 8. The molecule has 0 radical (unpaired) electrons. The largest absolute Gasteiger partial charge is 0.458 e. The number of aliphatic hydroxyl groups excluding tert-OH is 2. The molecule has 5 aliphatic rings. The van der Waals surface area contributed by atoms with Crippen molar-refractivity contribution >= 4 is 11.8 Å². The second-order valence-electron chi connectivity index (χ2n) is 14.2. The molecule has 0 aromatic heterocycles. The number of epoxide rings is 1. The molecule has 0 aromatic rings. The first-order chi connectivity index (χ1) is 18.8. The summed E-state index contributed by atoms with van der Waals surface area (Å²) in [5.74, 6) is -3.39. The summed E-state index contributed by atoms with van der Waals surface area (Å²) >= 11 is 0. The Morgan fingerprint density at radius 3 is 2.27 bits per heavy atom. The zero-order chi connectivity index (χ0) is 29.3.